The largest absolute Gasteiger partial charge is 0.481 e. The molecule has 0 bridgehead atoms. The van der Waals surface area contributed by atoms with E-state index >= 15 is 0 Å². The van der Waals surface area contributed by atoms with Crippen LogP contribution in [0.15, 0.2) is 46.9 Å². The van der Waals surface area contributed by atoms with E-state index in [-0.39, 0.29) is 19.6 Å². The number of hydrogen-bond donors (Lipinski definition) is 1. The van der Waals surface area contributed by atoms with E-state index < -0.39 is 24.0 Å². The van der Waals surface area contributed by atoms with Crippen LogP contribution in [-0.2, 0) is 11.3 Å². The summed E-state index contributed by atoms with van der Waals surface area (Å²) in [6.07, 6.45) is -4.52. The van der Waals surface area contributed by atoms with Gasteiger partial charge in [-0.3, -0.25) is 9.69 Å². The van der Waals surface area contributed by atoms with Crippen molar-refractivity contribution in [3.8, 4) is 11.3 Å². The van der Waals surface area contributed by atoms with Gasteiger partial charge in [0.25, 0.3) is 0 Å². The van der Waals surface area contributed by atoms with Gasteiger partial charge in [-0.05, 0) is 12.1 Å². The van der Waals surface area contributed by atoms with Gasteiger partial charge in [-0.15, -0.1) is 0 Å². The maximum atomic E-state index is 13.0. The second kappa shape index (κ2) is 6.32. The van der Waals surface area contributed by atoms with E-state index in [4.69, 9.17) is 9.52 Å². The molecule has 0 unspecified atom stereocenters. The molecule has 0 amide bonds. The summed E-state index contributed by atoms with van der Waals surface area (Å²) in [6.45, 7) is -0.314. The van der Waals surface area contributed by atoms with Crippen molar-refractivity contribution >= 4 is 5.97 Å². The summed E-state index contributed by atoms with van der Waals surface area (Å²) in [5, 5.41) is 9.03. The van der Waals surface area contributed by atoms with Crippen molar-refractivity contribution < 1.29 is 27.5 Å². The van der Waals surface area contributed by atoms with E-state index in [2.05, 4.69) is 0 Å². The molecule has 0 saturated carbocycles. The highest BCUT2D eigenvalue weighted by atomic mass is 19.4. The minimum absolute atomic E-state index is 0.138. The molecule has 0 aliphatic carbocycles. The van der Waals surface area contributed by atoms with E-state index in [1.807, 2.05) is 30.3 Å². The lowest BCUT2D eigenvalue weighted by Gasteiger charge is -2.18. The smallest absolute Gasteiger partial charge is 0.393 e. The van der Waals surface area contributed by atoms with E-state index in [0.717, 1.165) is 5.56 Å². The molecule has 1 aliphatic rings. The predicted molar refractivity (Wildman–Crippen MR) is 80.1 cm³/mol. The lowest BCUT2D eigenvalue weighted by molar-refractivity contribution is -0.188. The quantitative estimate of drug-likeness (QED) is 0.924. The van der Waals surface area contributed by atoms with E-state index in [1.165, 1.54) is 4.90 Å². The van der Waals surface area contributed by atoms with Crippen LogP contribution < -0.4 is 0 Å². The highest BCUT2D eigenvalue weighted by Gasteiger charge is 2.52. The van der Waals surface area contributed by atoms with Gasteiger partial charge in [0.15, 0.2) is 0 Å². The number of aliphatic carboxylic acids is 1. The average Bonchev–Trinajstić information content (AvgIpc) is 3.15. The standard InChI is InChI=1S/C17H16F3NO3/c18-17(19,20)14-10-21(9-13(14)16(22)23)8-12-6-7-15(24-12)11-4-2-1-3-5-11/h1-7,13-14H,8-10H2,(H,22,23)/t13-,14-/m1/s1. The maximum Gasteiger partial charge on any atom is 0.393 e. The lowest BCUT2D eigenvalue weighted by Crippen LogP contribution is -2.33. The fourth-order valence-electron chi connectivity index (χ4n) is 3.04. The Morgan fingerprint density at radius 2 is 1.88 bits per heavy atom. The van der Waals surface area contributed by atoms with Crippen LogP contribution in [0.25, 0.3) is 11.3 Å². The molecule has 3 rings (SSSR count). The Kier molecular flexibility index (Phi) is 4.36. The van der Waals surface area contributed by atoms with E-state index in [9.17, 15) is 18.0 Å². The fraction of sp³-hybridized carbons (Fsp3) is 0.353. The van der Waals surface area contributed by atoms with Crippen LogP contribution in [0.3, 0.4) is 0 Å². The van der Waals surface area contributed by atoms with Crippen LogP contribution in [0.5, 0.6) is 0 Å². The first-order chi connectivity index (χ1) is 11.3. The van der Waals surface area contributed by atoms with Crippen LogP contribution >= 0.6 is 0 Å². The lowest BCUT2D eigenvalue weighted by atomic mass is 9.96. The molecule has 1 N–H and O–H groups in total. The van der Waals surface area contributed by atoms with Crippen molar-refractivity contribution in [2.24, 2.45) is 11.8 Å². The summed E-state index contributed by atoms with van der Waals surface area (Å²) in [5.41, 5.74) is 0.877. The highest BCUT2D eigenvalue weighted by molar-refractivity contribution is 5.71. The Hall–Kier alpha value is -2.28. The number of nitrogens with zero attached hydrogens (tertiary/aromatic N) is 1. The summed E-state index contributed by atoms with van der Waals surface area (Å²) >= 11 is 0. The van der Waals surface area contributed by atoms with Gasteiger partial charge in [-0.1, -0.05) is 30.3 Å². The molecule has 1 aliphatic heterocycles. The Labute approximate surface area is 136 Å². The van der Waals surface area contributed by atoms with E-state index in [1.54, 1.807) is 12.1 Å². The molecular formula is C17H16F3NO3. The Morgan fingerprint density at radius 3 is 2.46 bits per heavy atom. The van der Waals surface area contributed by atoms with Crippen LogP contribution in [0.1, 0.15) is 5.76 Å². The molecule has 1 saturated heterocycles. The Balaban J connectivity index is 1.71. The molecule has 7 heteroatoms. The zero-order valence-electron chi connectivity index (χ0n) is 12.7. The van der Waals surface area contributed by atoms with Crippen molar-refractivity contribution in [1.82, 2.24) is 4.90 Å². The third-order valence-corrected chi connectivity index (χ3v) is 4.23. The number of rotatable bonds is 4. The molecule has 2 atom stereocenters. The van der Waals surface area contributed by atoms with Gasteiger partial charge in [-0.25, -0.2) is 0 Å². The molecule has 24 heavy (non-hydrogen) atoms. The molecular weight excluding hydrogens is 323 g/mol. The van der Waals surface area contributed by atoms with Gasteiger partial charge < -0.3 is 9.52 Å². The predicted octanol–water partition coefficient (Wildman–Crippen LogP) is 3.64. The van der Waals surface area contributed by atoms with Gasteiger partial charge in [0.05, 0.1) is 18.4 Å². The molecule has 0 radical (unpaired) electrons. The molecule has 128 valence electrons. The van der Waals surface area contributed by atoms with Crippen molar-refractivity contribution in [3.05, 3.63) is 48.2 Å². The summed E-state index contributed by atoms with van der Waals surface area (Å²) in [6, 6.07) is 12.8. The van der Waals surface area contributed by atoms with Crippen molar-refractivity contribution in [2.45, 2.75) is 12.7 Å². The first-order valence-corrected chi connectivity index (χ1v) is 7.50. The molecule has 1 aromatic carbocycles. The van der Waals surface area contributed by atoms with Gasteiger partial charge in [0.1, 0.15) is 11.5 Å². The number of benzene rings is 1. The first-order valence-electron chi connectivity index (χ1n) is 7.50. The second-order valence-corrected chi connectivity index (χ2v) is 5.92. The summed E-state index contributed by atoms with van der Waals surface area (Å²) in [5.74, 6) is -3.55. The third-order valence-electron chi connectivity index (χ3n) is 4.23. The number of carbonyl (C=O) groups is 1. The monoisotopic (exact) mass is 339 g/mol. The zero-order valence-corrected chi connectivity index (χ0v) is 12.7. The average molecular weight is 339 g/mol. The second-order valence-electron chi connectivity index (χ2n) is 5.92. The van der Waals surface area contributed by atoms with Crippen molar-refractivity contribution in [1.29, 1.82) is 0 Å². The minimum atomic E-state index is -4.52. The summed E-state index contributed by atoms with van der Waals surface area (Å²) in [4.78, 5) is 12.6. The molecule has 2 aromatic rings. The van der Waals surface area contributed by atoms with Gasteiger partial charge in [0.2, 0.25) is 0 Å². The number of carboxylic acids is 1. The molecule has 0 spiro atoms. The van der Waals surface area contributed by atoms with Crippen LogP contribution in [0, 0.1) is 11.8 Å². The number of furan rings is 1. The third kappa shape index (κ3) is 3.46. The molecule has 4 nitrogen and oxygen atoms in total. The maximum absolute atomic E-state index is 13.0. The minimum Gasteiger partial charge on any atom is -0.481 e. The summed E-state index contributed by atoms with van der Waals surface area (Å²) < 4.78 is 44.7. The number of halogens is 3. The van der Waals surface area contributed by atoms with Gasteiger partial charge >= 0.3 is 12.1 Å². The SMILES string of the molecule is O=C(O)[C@@H]1CN(Cc2ccc(-c3ccccc3)o2)C[C@H]1C(F)(F)F. The van der Waals surface area contributed by atoms with Crippen LogP contribution in [0.2, 0.25) is 0 Å². The number of alkyl halides is 3. The van der Waals surface area contributed by atoms with Crippen molar-refractivity contribution in [3.63, 3.8) is 0 Å². The van der Waals surface area contributed by atoms with Crippen LogP contribution in [0.4, 0.5) is 13.2 Å². The zero-order chi connectivity index (χ0) is 17.3. The topological polar surface area (TPSA) is 53.7 Å². The molecule has 1 fully saturated rings. The van der Waals surface area contributed by atoms with Gasteiger partial charge in [0, 0.05) is 18.7 Å². The molecule has 1 aromatic heterocycles. The summed E-state index contributed by atoms with van der Waals surface area (Å²) in [7, 11) is 0. The van der Waals surface area contributed by atoms with Crippen LogP contribution in [-0.4, -0.2) is 35.2 Å². The normalized spacial score (nSPS) is 22.0. The Morgan fingerprint density at radius 1 is 1.17 bits per heavy atom. The number of likely N-dealkylation sites (tertiary alicyclic amines) is 1. The van der Waals surface area contributed by atoms with E-state index in [0.29, 0.717) is 11.5 Å². The Bertz CT molecular complexity index is 711. The van der Waals surface area contributed by atoms with Gasteiger partial charge in [-0.2, -0.15) is 13.2 Å². The number of carboxylic acid groups (broad SMARTS) is 1. The first kappa shape index (κ1) is 16.6. The highest BCUT2D eigenvalue weighted by Crippen LogP contribution is 2.38. The molecule has 2 heterocycles. The number of hydrogen-bond acceptors (Lipinski definition) is 3. The van der Waals surface area contributed by atoms with Crippen molar-refractivity contribution in [2.75, 3.05) is 13.1 Å². The fourth-order valence-corrected chi connectivity index (χ4v) is 3.04.